The average molecular weight is 201 g/mol. The van der Waals surface area contributed by atoms with Crippen molar-refractivity contribution in [2.75, 3.05) is 0 Å². The minimum atomic E-state index is 0.961. The van der Waals surface area contributed by atoms with E-state index in [0.29, 0.717) is 0 Å². The van der Waals surface area contributed by atoms with E-state index in [1.165, 1.54) is 10.5 Å². The molecule has 0 saturated carbocycles. The highest BCUT2D eigenvalue weighted by molar-refractivity contribution is 8.03. The fourth-order valence-electron chi connectivity index (χ4n) is 1.28. The third-order valence-corrected chi connectivity index (χ3v) is 2.96. The summed E-state index contributed by atoms with van der Waals surface area (Å²) in [5.41, 5.74) is 1.31. The summed E-state index contributed by atoms with van der Waals surface area (Å²) in [6.45, 7) is 3.97. The van der Waals surface area contributed by atoms with Crippen molar-refractivity contribution in [3.05, 3.63) is 59.8 Å². The number of rotatable bonds is 0. The van der Waals surface area contributed by atoms with Crippen LogP contribution in [0, 0.1) is 0 Å². The van der Waals surface area contributed by atoms with Crippen molar-refractivity contribution in [2.24, 2.45) is 0 Å². The monoisotopic (exact) mass is 201 g/mol. The number of pyridine rings is 1. The summed E-state index contributed by atoms with van der Waals surface area (Å²) in [5.74, 6) is 0. The third-order valence-electron chi connectivity index (χ3n) is 1.98. The van der Waals surface area contributed by atoms with Gasteiger partial charge in [-0.1, -0.05) is 36.6 Å². The smallest absolute Gasteiger partial charge is 0.0410 e. The summed E-state index contributed by atoms with van der Waals surface area (Å²) < 4.78 is 0. The predicted octanol–water partition coefficient (Wildman–Crippen LogP) is 3.36. The molecule has 1 aliphatic rings. The molecule has 0 unspecified atom stereocenters. The zero-order valence-corrected chi connectivity index (χ0v) is 8.63. The minimum Gasteiger partial charge on any atom is -0.264 e. The molecule has 0 bridgehead atoms. The lowest BCUT2D eigenvalue weighted by molar-refractivity contribution is 1.12. The van der Waals surface area contributed by atoms with Gasteiger partial charge >= 0.3 is 0 Å². The fraction of sp³-hybridized carbons (Fsp3) is 0.0833. The number of thioether (sulfide) groups is 1. The summed E-state index contributed by atoms with van der Waals surface area (Å²) in [6, 6.07) is 2.06. The molecule has 2 heteroatoms. The van der Waals surface area contributed by atoms with Crippen molar-refractivity contribution in [1.29, 1.82) is 0 Å². The maximum atomic E-state index is 4.13. The first-order valence-corrected chi connectivity index (χ1v) is 5.31. The SMILES string of the molecule is C=C1/C=C\C=C/Cc2ccncc2S1. The summed E-state index contributed by atoms with van der Waals surface area (Å²) >= 11 is 1.68. The standard InChI is InChI=1S/C12H11NS/c1-10-5-3-2-4-6-11-7-8-13-9-12(11)14-10/h2-5,7-9H,1,6H2/b4-2-,5-3-. The van der Waals surface area contributed by atoms with Crippen molar-refractivity contribution in [1.82, 2.24) is 4.98 Å². The average Bonchev–Trinajstić information content (AvgIpc) is 2.27. The molecule has 1 aromatic rings. The van der Waals surface area contributed by atoms with Gasteiger partial charge in [-0.3, -0.25) is 4.98 Å². The number of fused-ring (bicyclic) bond motifs is 1. The lowest BCUT2D eigenvalue weighted by atomic mass is 10.2. The Labute approximate surface area is 88.3 Å². The molecule has 14 heavy (non-hydrogen) atoms. The number of aromatic nitrogens is 1. The zero-order valence-electron chi connectivity index (χ0n) is 7.81. The highest BCUT2D eigenvalue weighted by Gasteiger charge is 2.03. The van der Waals surface area contributed by atoms with E-state index in [2.05, 4.69) is 29.8 Å². The van der Waals surface area contributed by atoms with E-state index in [9.17, 15) is 0 Å². The van der Waals surface area contributed by atoms with Gasteiger partial charge in [0, 0.05) is 22.2 Å². The first kappa shape index (κ1) is 9.28. The molecular formula is C12H11NS. The Balaban J connectivity index is 2.39. The van der Waals surface area contributed by atoms with Crippen molar-refractivity contribution in [3.63, 3.8) is 0 Å². The topological polar surface area (TPSA) is 12.9 Å². The van der Waals surface area contributed by atoms with E-state index in [4.69, 9.17) is 0 Å². The van der Waals surface area contributed by atoms with Crippen molar-refractivity contribution >= 4 is 11.8 Å². The Morgan fingerprint density at radius 1 is 1.36 bits per heavy atom. The first-order valence-electron chi connectivity index (χ1n) is 4.49. The quantitative estimate of drug-likeness (QED) is 0.638. The Morgan fingerprint density at radius 3 is 3.21 bits per heavy atom. The maximum Gasteiger partial charge on any atom is 0.0410 e. The molecule has 0 amide bonds. The summed E-state index contributed by atoms with van der Waals surface area (Å²) in [5, 5.41) is 0. The predicted molar refractivity (Wildman–Crippen MR) is 61.2 cm³/mol. The van der Waals surface area contributed by atoms with Gasteiger partial charge in [0.2, 0.25) is 0 Å². The second-order valence-corrected chi connectivity index (χ2v) is 4.21. The number of nitrogens with zero attached hydrogens (tertiary/aromatic N) is 1. The molecule has 0 atom stereocenters. The molecule has 0 saturated heterocycles. The Kier molecular flexibility index (Phi) is 2.84. The van der Waals surface area contributed by atoms with Crippen molar-refractivity contribution in [3.8, 4) is 0 Å². The Bertz CT molecular complexity index is 405. The lowest BCUT2D eigenvalue weighted by Crippen LogP contribution is -1.86. The van der Waals surface area contributed by atoms with Crippen LogP contribution in [0.4, 0.5) is 0 Å². The van der Waals surface area contributed by atoms with Crippen molar-refractivity contribution < 1.29 is 0 Å². The van der Waals surface area contributed by atoms with Crippen LogP contribution in [0.5, 0.6) is 0 Å². The molecule has 0 fully saturated rings. The minimum absolute atomic E-state index is 0.961. The fourth-order valence-corrected chi connectivity index (χ4v) is 2.11. The number of allylic oxidation sites excluding steroid dienone is 4. The van der Waals surface area contributed by atoms with Crippen LogP contribution < -0.4 is 0 Å². The zero-order chi connectivity index (χ0) is 9.80. The summed E-state index contributed by atoms with van der Waals surface area (Å²) in [7, 11) is 0. The van der Waals surface area contributed by atoms with Gasteiger partial charge in [-0.25, -0.2) is 0 Å². The summed E-state index contributed by atoms with van der Waals surface area (Å²) in [4.78, 5) is 6.37. The van der Waals surface area contributed by atoms with Crippen LogP contribution in [0.15, 0.2) is 59.1 Å². The van der Waals surface area contributed by atoms with Gasteiger partial charge in [0.15, 0.2) is 0 Å². The molecule has 0 spiro atoms. The second kappa shape index (κ2) is 4.29. The van der Waals surface area contributed by atoms with E-state index in [0.717, 1.165) is 11.3 Å². The Morgan fingerprint density at radius 2 is 2.29 bits per heavy atom. The highest BCUT2D eigenvalue weighted by Crippen LogP contribution is 2.29. The second-order valence-electron chi connectivity index (χ2n) is 3.04. The molecule has 2 heterocycles. The lowest BCUT2D eigenvalue weighted by Gasteiger charge is -2.05. The molecule has 2 rings (SSSR count). The largest absolute Gasteiger partial charge is 0.264 e. The van der Waals surface area contributed by atoms with Crippen LogP contribution in [0.1, 0.15) is 5.56 Å². The molecule has 0 N–H and O–H groups in total. The van der Waals surface area contributed by atoms with Gasteiger partial charge in [0.1, 0.15) is 0 Å². The van der Waals surface area contributed by atoms with Crippen LogP contribution >= 0.6 is 11.8 Å². The van der Waals surface area contributed by atoms with Crippen LogP contribution in [0.25, 0.3) is 0 Å². The molecule has 0 aliphatic carbocycles. The van der Waals surface area contributed by atoms with E-state index in [1.807, 2.05) is 24.5 Å². The van der Waals surface area contributed by atoms with Crippen LogP contribution in [0.2, 0.25) is 0 Å². The van der Waals surface area contributed by atoms with Gasteiger partial charge < -0.3 is 0 Å². The normalized spacial score (nSPS) is 20.1. The van der Waals surface area contributed by atoms with Gasteiger partial charge in [-0.2, -0.15) is 0 Å². The van der Waals surface area contributed by atoms with Gasteiger partial charge in [-0.05, 0) is 24.1 Å². The summed E-state index contributed by atoms with van der Waals surface area (Å²) in [6.07, 6.45) is 12.9. The Hall–Kier alpha value is -1.28. The highest BCUT2D eigenvalue weighted by atomic mass is 32.2. The molecule has 0 radical (unpaired) electrons. The van der Waals surface area contributed by atoms with Crippen molar-refractivity contribution in [2.45, 2.75) is 11.3 Å². The number of hydrogen-bond acceptors (Lipinski definition) is 2. The maximum absolute atomic E-state index is 4.13. The molecule has 70 valence electrons. The van der Waals surface area contributed by atoms with Gasteiger partial charge in [0.25, 0.3) is 0 Å². The molecule has 0 aromatic carbocycles. The third kappa shape index (κ3) is 2.15. The van der Waals surface area contributed by atoms with E-state index in [1.54, 1.807) is 11.8 Å². The van der Waals surface area contributed by atoms with Gasteiger partial charge in [0.05, 0.1) is 0 Å². The van der Waals surface area contributed by atoms with E-state index >= 15 is 0 Å². The van der Waals surface area contributed by atoms with Crippen LogP contribution in [0.3, 0.4) is 0 Å². The number of hydrogen-bond donors (Lipinski definition) is 0. The molecular weight excluding hydrogens is 190 g/mol. The van der Waals surface area contributed by atoms with E-state index in [-0.39, 0.29) is 0 Å². The molecule has 1 aliphatic heterocycles. The molecule has 1 aromatic heterocycles. The van der Waals surface area contributed by atoms with Gasteiger partial charge in [-0.15, -0.1) is 0 Å². The van der Waals surface area contributed by atoms with Crippen LogP contribution in [-0.4, -0.2) is 4.98 Å². The van der Waals surface area contributed by atoms with Crippen LogP contribution in [-0.2, 0) is 6.42 Å². The molecule has 1 nitrogen and oxygen atoms in total. The first-order chi connectivity index (χ1) is 6.86. The van der Waals surface area contributed by atoms with E-state index < -0.39 is 0 Å².